The third-order valence-electron chi connectivity index (χ3n) is 4.54. The van der Waals surface area contributed by atoms with Crippen molar-refractivity contribution in [2.24, 2.45) is 0 Å². The Kier molecular flexibility index (Phi) is 8.37. The fourth-order valence-electron chi connectivity index (χ4n) is 3.00. The van der Waals surface area contributed by atoms with Crippen LogP contribution in [-0.4, -0.2) is 24.4 Å². The second-order valence-corrected chi connectivity index (χ2v) is 9.21. The van der Waals surface area contributed by atoms with Crippen molar-refractivity contribution in [3.05, 3.63) is 79.1 Å². The number of halogens is 3. The molecule has 0 aliphatic rings. The fraction of sp³-hybridized carbons (Fsp3) is 0.174. The van der Waals surface area contributed by atoms with E-state index in [0.717, 1.165) is 16.9 Å². The first-order valence-corrected chi connectivity index (χ1v) is 11.8. The van der Waals surface area contributed by atoms with E-state index in [2.05, 4.69) is 10.6 Å². The Bertz CT molecular complexity index is 1210. The fourth-order valence-corrected chi connectivity index (χ4v) is 4.57. The van der Waals surface area contributed by atoms with E-state index in [1.807, 2.05) is 0 Å². The van der Waals surface area contributed by atoms with E-state index in [9.17, 15) is 14.4 Å². The number of anilines is 2. The van der Waals surface area contributed by atoms with Gasteiger partial charge in [0.05, 0.1) is 34.2 Å². The molecule has 0 atom stereocenters. The van der Waals surface area contributed by atoms with E-state index >= 15 is 0 Å². The summed E-state index contributed by atoms with van der Waals surface area (Å²) in [5, 5.41) is 6.93. The van der Waals surface area contributed by atoms with Gasteiger partial charge in [-0.05, 0) is 55.3 Å². The van der Waals surface area contributed by atoms with Crippen LogP contribution in [0.3, 0.4) is 0 Å². The molecule has 2 aromatic carbocycles. The number of rotatable bonds is 7. The van der Waals surface area contributed by atoms with Crippen molar-refractivity contribution in [3.8, 4) is 0 Å². The first-order valence-electron chi connectivity index (χ1n) is 9.80. The lowest BCUT2D eigenvalue weighted by Crippen LogP contribution is -2.16. The molecule has 0 unspecified atom stereocenters. The minimum Gasteiger partial charge on any atom is -0.462 e. The van der Waals surface area contributed by atoms with Gasteiger partial charge in [-0.1, -0.05) is 46.9 Å². The summed E-state index contributed by atoms with van der Waals surface area (Å²) < 4.78 is 5.14. The largest absolute Gasteiger partial charge is 0.462 e. The molecule has 6 nitrogen and oxygen atoms in total. The number of esters is 1. The van der Waals surface area contributed by atoms with Crippen molar-refractivity contribution in [3.63, 3.8) is 0 Å². The van der Waals surface area contributed by atoms with Crippen molar-refractivity contribution in [1.82, 2.24) is 0 Å². The van der Waals surface area contributed by atoms with Crippen molar-refractivity contribution in [1.29, 1.82) is 0 Å². The number of carbonyl (C=O) groups is 3. The molecule has 0 aliphatic heterocycles. The van der Waals surface area contributed by atoms with Gasteiger partial charge < -0.3 is 15.4 Å². The van der Waals surface area contributed by atoms with E-state index in [1.54, 1.807) is 50.2 Å². The first kappa shape index (κ1) is 25.1. The van der Waals surface area contributed by atoms with Crippen molar-refractivity contribution >= 4 is 74.6 Å². The average molecular weight is 526 g/mol. The molecule has 3 aromatic rings. The summed E-state index contributed by atoms with van der Waals surface area (Å²) in [4.78, 5) is 38.5. The highest BCUT2D eigenvalue weighted by molar-refractivity contribution is 7.19. The summed E-state index contributed by atoms with van der Waals surface area (Å²) in [5.41, 5.74) is 1.59. The summed E-state index contributed by atoms with van der Waals surface area (Å²) >= 11 is 19.0. The molecule has 10 heteroatoms. The quantitative estimate of drug-likeness (QED) is 0.339. The standard InChI is InChI=1S/C23H19Cl3N2O4S/c1-3-32-23(31)19-12(2)20(21(30)27-17-11-15(25)8-9-16(17)26)33-22(19)28-18(29)10-13-4-6-14(24)7-5-13/h4-9,11H,3,10H2,1-2H3,(H,27,30)(H,28,29). The highest BCUT2D eigenvalue weighted by Gasteiger charge is 2.27. The number of nitrogens with one attached hydrogen (secondary N) is 2. The van der Waals surface area contributed by atoms with Gasteiger partial charge >= 0.3 is 5.97 Å². The van der Waals surface area contributed by atoms with Crippen LogP contribution in [0.1, 0.15) is 38.1 Å². The van der Waals surface area contributed by atoms with E-state index in [-0.39, 0.29) is 34.4 Å². The normalized spacial score (nSPS) is 10.6. The predicted molar refractivity (Wildman–Crippen MR) is 133 cm³/mol. The molecule has 0 radical (unpaired) electrons. The van der Waals surface area contributed by atoms with Crippen LogP contribution in [0.25, 0.3) is 0 Å². The summed E-state index contributed by atoms with van der Waals surface area (Å²) in [5.74, 6) is -1.48. The molecule has 3 rings (SSSR count). The van der Waals surface area contributed by atoms with Crippen molar-refractivity contribution in [2.75, 3.05) is 17.2 Å². The Labute approximate surface area is 209 Å². The molecule has 2 amide bonds. The van der Waals surface area contributed by atoms with Crippen LogP contribution < -0.4 is 10.6 Å². The van der Waals surface area contributed by atoms with Gasteiger partial charge in [0.25, 0.3) is 5.91 Å². The van der Waals surface area contributed by atoms with Crippen molar-refractivity contribution in [2.45, 2.75) is 20.3 Å². The molecule has 172 valence electrons. The lowest BCUT2D eigenvalue weighted by Gasteiger charge is -2.08. The molecule has 0 saturated heterocycles. The van der Waals surface area contributed by atoms with Crippen molar-refractivity contribution < 1.29 is 19.1 Å². The lowest BCUT2D eigenvalue weighted by molar-refractivity contribution is -0.115. The van der Waals surface area contributed by atoms with Gasteiger partial charge in [-0.25, -0.2) is 4.79 Å². The van der Waals surface area contributed by atoms with Gasteiger partial charge in [0, 0.05) is 10.0 Å². The van der Waals surface area contributed by atoms with Gasteiger partial charge in [0.2, 0.25) is 5.91 Å². The number of benzene rings is 2. The second kappa shape index (κ2) is 11.0. The Morgan fingerprint density at radius 1 is 0.970 bits per heavy atom. The zero-order valence-electron chi connectivity index (χ0n) is 17.6. The maximum Gasteiger partial charge on any atom is 0.341 e. The molecular formula is C23H19Cl3N2O4S. The molecule has 33 heavy (non-hydrogen) atoms. The first-order chi connectivity index (χ1) is 15.7. The van der Waals surface area contributed by atoms with Gasteiger partial charge in [-0.3, -0.25) is 9.59 Å². The molecular weight excluding hydrogens is 507 g/mol. The Hall–Kier alpha value is -2.58. The minimum absolute atomic E-state index is 0.0655. The summed E-state index contributed by atoms with van der Waals surface area (Å²) in [6, 6.07) is 11.5. The predicted octanol–water partition coefficient (Wildman–Crippen LogP) is 6.63. The Balaban J connectivity index is 1.89. The van der Waals surface area contributed by atoms with Crippen LogP contribution in [0.4, 0.5) is 10.7 Å². The Morgan fingerprint density at radius 3 is 2.30 bits per heavy atom. The van der Waals surface area contributed by atoms with Crippen LogP contribution in [-0.2, 0) is 16.0 Å². The van der Waals surface area contributed by atoms with E-state index < -0.39 is 11.9 Å². The average Bonchev–Trinajstić information content (AvgIpc) is 3.08. The SMILES string of the molecule is CCOC(=O)c1c(NC(=O)Cc2ccc(Cl)cc2)sc(C(=O)Nc2cc(Cl)ccc2Cl)c1C. The van der Waals surface area contributed by atoms with Gasteiger partial charge in [0.15, 0.2) is 0 Å². The minimum atomic E-state index is -0.632. The molecule has 1 heterocycles. The molecule has 0 aliphatic carbocycles. The zero-order valence-corrected chi connectivity index (χ0v) is 20.7. The van der Waals surface area contributed by atoms with E-state index in [4.69, 9.17) is 39.5 Å². The Morgan fingerprint density at radius 2 is 1.64 bits per heavy atom. The highest BCUT2D eigenvalue weighted by Crippen LogP contribution is 2.35. The number of ether oxygens (including phenoxy) is 1. The zero-order chi connectivity index (χ0) is 24.1. The summed E-state index contributed by atoms with van der Waals surface area (Å²) in [6.45, 7) is 3.44. The number of hydrogen-bond donors (Lipinski definition) is 2. The molecule has 0 saturated carbocycles. The number of carbonyl (C=O) groups excluding carboxylic acids is 3. The molecule has 2 N–H and O–H groups in total. The van der Waals surface area contributed by atoms with Crippen LogP contribution in [0.2, 0.25) is 15.1 Å². The maximum absolute atomic E-state index is 13.0. The lowest BCUT2D eigenvalue weighted by atomic mass is 10.1. The van der Waals surface area contributed by atoms with Crippen LogP contribution in [0, 0.1) is 6.92 Å². The molecule has 0 fully saturated rings. The van der Waals surface area contributed by atoms with Crippen LogP contribution in [0.15, 0.2) is 42.5 Å². The maximum atomic E-state index is 13.0. The third-order valence-corrected chi connectivity index (χ3v) is 6.56. The van der Waals surface area contributed by atoms with Crippen LogP contribution >= 0.6 is 46.1 Å². The smallest absolute Gasteiger partial charge is 0.341 e. The van der Waals surface area contributed by atoms with E-state index in [0.29, 0.717) is 26.3 Å². The molecule has 1 aromatic heterocycles. The summed E-state index contributed by atoms with van der Waals surface area (Å²) in [6.07, 6.45) is 0.0655. The number of amides is 2. The topological polar surface area (TPSA) is 84.5 Å². The van der Waals surface area contributed by atoms with Gasteiger partial charge in [0.1, 0.15) is 5.00 Å². The van der Waals surface area contributed by atoms with Crippen LogP contribution in [0.5, 0.6) is 0 Å². The number of thiophene rings is 1. The molecule has 0 bridgehead atoms. The summed E-state index contributed by atoms with van der Waals surface area (Å²) in [7, 11) is 0. The third kappa shape index (κ3) is 6.26. The number of hydrogen-bond acceptors (Lipinski definition) is 5. The highest BCUT2D eigenvalue weighted by atomic mass is 35.5. The van der Waals surface area contributed by atoms with E-state index in [1.165, 1.54) is 6.07 Å². The molecule has 0 spiro atoms. The van der Waals surface area contributed by atoms with Gasteiger partial charge in [-0.2, -0.15) is 0 Å². The second-order valence-electron chi connectivity index (χ2n) is 6.91. The monoisotopic (exact) mass is 524 g/mol. The van der Waals surface area contributed by atoms with Gasteiger partial charge in [-0.15, -0.1) is 11.3 Å².